The SMILES string of the molecule is O=S(=O)(c1ccc(F)cc1F)N1CCN(Cc2nnnn2-c2ccc(Cl)cc2)CC1. The van der Waals surface area contributed by atoms with Crippen LogP contribution in [-0.4, -0.2) is 64.0 Å². The molecule has 8 nitrogen and oxygen atoms in total. The van der Waals surface area contributed by atoms with Crippen LogP contribution in [0.1, 0.15) is 5.82 Å². The van der Waals surface area contributed by atoms with Gasteiger partial charge in [-0.3, -0.25) is 4.90 Å². The summed E-state index contributed by atoms with van der Waals surface area (Å²) in [6.45, 7) is 1.57. The number of aromatic nitrogens is 4. The molecule has 0 atom stereocenters. The number of rotatable bonds is 5. The summed E-state index contributed by atoms with van der Waals surface area (Å²) in [6.07, 6.45) is 0. The minimum absolute atomic E-state index is 0.168. The number of benzene rings is 2. The molecular weight excluding hydrogens is 438 g/mol. The van der Waals surface area contributed by atoms with Gasteiger partial charge in [0.05, 0.1) is 12.2 Å². The van der Waals surface area contributed by atoms with Crippen LogP contribution in [0.5, 0.6) is 0 Å². The predicted molar refractivity (Wildman–Crippen MR) is 105 cm³/mol. The summed E-state index contributed by atoms with van der Waals surface area (Å²) < 4.78 is 55.3. The van der Waals surface area contributed by atoms with E-state index in [1.165, 1.54) is 4.31 Å². The van der Waals surface area contributed by atoms with Gasteiger partial charge in [0.2, 0.25) is 10.0 Å². The molecule has 0 saturated carbocycles. The molecule has 0 unspecified atom stereocenters. The molecule has 2 heterocycles. The highest BCUT2D eigenvalue weighted by atomic mass is 35.5. The second-order valence-corrected chi connectivity index (χ2v) is 9.08. The van der Waals surface area contributed by atoms with E-state index >= 15 is 0 Å². The molecule has 3 aromatic rings. The predicted octanol–water partition coefficient (Wildman–Crippen LogP) is 2.10. The Bertz CT molecular complexity index is 1150. The van der Waals surface area contributed by atoms with Crippen molar-refractivity contribution in [3.05, 3.63) is 64.9 Å². The van der Waals surface area contributed by atoms with E-state index < -0.39 is 26.6 Å². The van der Waals surface area contributed by atoms with Crippen molar-refractivity contribution < 1.29 is 17.2 Å². The molecule has 1 aliphatic heterocycles. The van der Waals surface area contributed by atoms with Crippen LogP contribution in [0.3, 0.4) is 0 Å². The van der Waals surface area contributed by atoms with Crippen molar-refractivity contribution in [1.29, 1.82) is 0 Å². The molecule has 0 aliphatic carbocycles. The Morgan fingerprint density at radius 1 is 1.00 bits per heavy atom. The molecule has 12 heteroatoms. The molecule has 1 saturated heterocycles. The molecule has 1 fully saturated rings. The Balaban J connectivity index is 1.43. The quantitative estimate of drug-likeness (QED) is 0.587. The Morgan fingerprint density at radius 3 is 2.37 bits per heavy atom. The zero-order chi connectivity index (χ0) is 21.3. The lowest BCUT2D eigenvalue weighted by atomic mass is 10.3. The van der Waals surface area contributed by atoms with Gasteiger partial charge >= 0.3 is 0 Å². The van der Waals surface area contributed by atoms with E-state index in [2.05, 4.69) is 15.5 Å². The molecule has 2 aromatic carbocycles. The highest BCUT2D eigenvalue weighted by molar-refractivity contribution is 7.89. The van der Waals surface area contributed by atoms with E-state index in [4.69, 9.17) is 11.6 Å². The molecule has 0 amide bonds. The maximum atomic E-state index is 14.0. The number of nitrogens with zero attached hydrogens (tertiary/aromatic N) is 6. The molecule has 0 radical (unpaired) electrons. The Hall–Kier alpha value is -2.47. The molecule has 0 bridgehead atoms. The van der Waals surface area contributed by atoms with E-state index in [-0.39, 0.29) is 13.1 Å². The van der Waals surface area contributed by atoms with Gasteiger partial charge in [-0.15, -0.1) is 5.10 Å². The summed E-state index contributed by atoms with van der Waals surface area (Å²) in [7, 11) is -4.04. The number of sulfonamides is 1. The monoisotopic (exact) mass is 454 g/mol. The van der Waals surface area contributed by atoms with Gasteiger partial charge in [0, 0.05) is 37.3 Å². The van der Waals surface area contributed by atoms with Crippen LogP contribution in [-0.2, 0) is 16.6 Å². The molecule has 4 rings (SSSR count). The fourth-order valence-corrected chi connectivity index (χ4v) is 4.83. The summed E-state index contributed by atoms with van der Waals surface area (Å²) >= 11 is 5.92. The van der Waals surface area contributed by atoms with E-state index in [1.807, 2.05) is 4.90 Å². The molecule has 0 N–H and O–H groups in total. The van der Waals surface area contributed by atoms with Gasteiger partial charge in [-0.05, 0) is 46.8 Å². The number of hydrogen-bond donors (Lipinski definition) is 0. The van der Waals surface area contributed by atoms with Crippen LogP contribution in [0, 0.1) is 11.6 Å². The summed E-state index contributed by atoms with van der Waals surface area (Å²) in [5, 5.41) is 12.4. The number of piperazine rings is 1. The number of hydrogen-bond acceptors (Lipinski definition) is 6. The average Bonchev–Trinajstić information content (AvgIpc) is 3.17. The van der Waals surface area contributed by atoms with Gasteiger partial charge in [-0.2, -0.15) is 8.99 Å². The van der Waals surface area contributed by atoms with E-state index in [0.29, 0.717) is 36.5 Å². The van der Waals surface area contributed by atoms with Crippen molar-refractivity contribution in [2.24, 2.45) is 0 Å². The molecule has 1 aromatic heterocycles. The molecular formula is C18H17ClF2N6O2S. The maximum absolute atomic E-state index is 14.0. The third-order valence-electron chi connectivity index (χ3n) is 4.81. The Labute approximate surface area is 176 Å². The Kier molecular flexibility index (Phi) is 5.78. The van der Waals surface area contributed by atoms with E-state index in [1.54, 1.807) is 28.9 Å². The Morgan fingerprint density at radius 2 is 1.70 bits per heavy atom. The van der Waals surface area contributed by atoms with Gasteiger partial charge in [0.25, 0.3) is 0 Å². The van der Waals surface area contributed by atoms with Gasteiger partial charge < -0.3 is 0 Å². The van der Waals surface area contributed by atoms with Crippen molar-refractivity contribution in [2.45, 2.75) is 11.4 Å². The third-order valence-corrected chi connectivity index (χ3v) is 7.00. The lowest BCUT2D eigenvalue weighted by molar-refractivity contribution is 0.176. The van der Waals surface area contributed by atoms with E-state index in [9.17, 15) is 17.2 Å². The van der Waals surface area contributed by atoms with Crippen LogP contribution in [0.25, 0.3) is 5.69 Å². The van der Waals surface area contributed by atoms with Crippen molar-refractivity contribution in [3.63, 3.8) is 0 Å². The molecule has 1 aliphatic rings. The average molecular weight is 455 g/mol. The van der Waals surface area contributed by atoms with Crippen molar-refractivity contribution >= 4 is 21.6 Å². The first-order valence-electron chi connectivity index (χ1n) is 9.05. The first-order chi connectivity index (χ1) is 14.3. The van der Waals surface area contributed by atoms with Gasteiger partial charge in [-0.1, -0.05) is 11.6 Å². The summed E-state index contributed by atoms with van der Waals surface area (Å²) in [4.78, 5) is 1.48. The molecule has 30 heavy (non-hydrogen) atoms. The largest absolute Gasteiger partial charge is 0.293 e. The minimum atomic E-state index is -4.04. The normalized spacial score (nSPS) is 16.1. The van der Waals surface area contributed by atoms with Crippen LogP contribution in [0.4, 0.5) is 8.78 Å². The first-order valence-corrected chi connectivity index (χ1v) is 10.9. The van der Waals surface area contributed by atoms with Crippen LogP contribution in [0.15, 0.2) is 47.4 Å². The van der Waals surface area contributed by atoms with Crippen molar-refractivity contribution in [3.8, 4) is 5.69 Å². The lowest BCUT2D eigenvalue weighted by Crippen LogP contribution is -2.48. The van der Waals surface area contributed by atoms with Crippen molar-refractivity contribution in [1.82, 2.24) is 29.4 Å². The third kappa shape index (κ3) is 4.19. The standard InChI is InChI=1S/C18H17ClF2N6O2S/c19-13-1-4-15(5-2-13)27-18(22-23-24-27)12-25-7-9-26(10-8-25)30(28,29)17-6-3-14(20)11-16(17)21/h1-6,11H,7-10,12H2. The summed E-state index contributed by atoms with van der Waals surface area (Å²) in [5.74, 6) is -1.33. The smallest absolute Gasteiger partial charge is 0.246 e. The lowest BCUT2D eigenvalue weighted by Gasteiger charge is -2.33. The minimum Gasteiger partial charge on any atom is -0.293 e. The van der Waals surface area contributed by atoms with Gasteiger partial charge in [-0.25, -0.2) is 17.2 Å². The van der Waals surface area contributed by atoms with Gasteiger partial charge in [0.1, 0.15) is 16.5 Å². The summed E-state index contributed by atoms with van der Waals surface area (Å²) in [5.41, 5.74) is 0.757. The molecule has 0 spiro atoms. The maximum Gasteiger partial charge on any atom is 0.246 e. The van der Waals surface area contributed by atoms with Gasteiger partial charge in [0.15, 0.2) is 5.82 Å². The second-order valence-electron chi connectivity index (χ2n) is 6.74. The topological polar surface area (TPSA) is 84.2 Å². The zero-order valence-corrected chi connectivity index (χ0v) is 17.2. The number of halogens is 3. The summed E-state index contributed by atoms with van der Waals surface area (Å²) in [6, 6.07) is 9.52. The number of tetrazole rings is 1. The molecule has 158 valence electrons. The fraction of sp³-hybridized carbons (Fsp3) is 0.278. The fourth-order valence-electron chi connectivity index (χ4n) is 3.24. The highest BCUT2D eigenvalue weighted by Gasteiger charge is 2.31. The van der Waals surface area contributed by atoms with E-state index in [0.717, 1.165) is 17.8 Å². The van der Waals surface area contributed by atoms with Crippen LogP contribution < -0.4 is 0 Å². The van der Waals surface area contributed by atoms with Crippen LogP contribution >= 0.6 is 11.6 Å². The zero-order valence-electron chi connectivity index (χ0n) is 15.6. The highest BCUT2D eigenvalue weighted by Crippen LogP contribution is 2.22. The second kappa shape index (κ2) is 8.34. The first kappa shape index (κ1) is 20.8. The van der Waals surface area contributed by atoms with Crippen LogP contribution in [0.2, 0.25) is 5.02 Å². The van der Waals surface area contributed by atoms with Crippen molar-refractivity contribution in [2.75, 3.05) is 26.2 Å².